The zero-order chi connectivity index (χ0) is 14.7. The van der Waals surface area contributed by atoms with Crippen LogP contribution < -0.4 is 10.1 Å². The number of halogens is 1. The first-order valence-corrected chi connectivity index (χ1v) is 5.96. The summed E-state index contributed by atoms with van der Waals surface area (Å²) in [5.74, 6) is -0.587. The molecule has 0 spiro atoms. The number of rotatable bonds is 3. The molecule has 0 unspecified atom stereocenters. The maximum absolute atomic E-state index is 13.1. The average Bonchev–Trinajstić information content (AvgIpc) is 2.43. The fraction of sp³-hybridized carbons (Fsp3) is 0.133. The minimum absolute atomic E-state index is 0.0451. The number of ether oxygens (including phenoxy) is 1. The van der Waals surface area contributed by atoms with E-state index in [1.54, 1.807) is 19.1 Å². The van der Waals surface area contributed by atoms with E-state index in [4.69, 9.17) is 4.74 Å². The standard InChI is InChI=1S/C15H14FNO3/c1-9-3-4-10(7-13(9)18)15(19)17-12-6-5-11(16)8-14(12)20-2/h3-8,18H,1-2H3,(H,17,19). The SMILES string of the molecule is COc1cc(F)ccc1NC(=O)c1ccc(C)c(O)c1. The topological polar surface area (TPSA) is 58.6 Å². The molecule has 0 fully saturated rings. The maximum Gasteiger partial charge on any atom is 0.255 e. The molecule has 0 aliphatic rings. The van der Waals surface area contributed by atoms with Crippen LogP contribution in [0.15, 0.2) is 36.4 Å². The van der Waals surface area contributed by atoms with Crippen molar-refractivity contribution in [3.05, 3.63) is 53.3 Å². The number of benzene rings is 2. The smallest absolute Gasteiger partial charge is 0.255 e. The number of hydrogen-bond acceptors (Lipinski definition) is 3. The summed E-state index contributed by atoms with van der Waals surface area (Å²) in [4.78, 5) is 12.1. The largest absolute Gasteiger partial charge is 0.508 e. The number of phenolic OH excluding ortho intramolecular Hbond substituents is 1. The summed E-state index contributed by atoms with van der Waals surface area (Å²) in [6.45, 7) is 1.74. The third kappa shape index (κ3) is 2.88. The van der Waals surface area contributed by atoms with Gasteiger partial charge in [-0.05, 0) is 36.8 Å². The second-order valence-electron chi connectivity index (χ2n) is 4.30. The first kappa shape index (κ1) is 13.9. The molecule has 104 valence electrons. The van der Waals surface area contributed by atoms with Crippen LogP contribution in [0.3, 0.4) is 0 Å². The summed E-state index contributed by atoms with van der Waals surface area (Å²) in [5.41, 5.74) is 1.35. The summed E-state index contributed by atoms with van der Waals surface area (Å²) >= 11 is 0. The van der Waals surface area contributed by atoms with Gasteiger partial charge in [0, 0.05) is 11.6 Å². The second kappa shape index (κ2) is 5.61. The van der Waals surface area contributed by atoms with Crippen LogP contribution in [0.1, 0.15) is 15.9 Å². The van der Waals surface area contributed by atoms with Crippen molar-refractivity contribution in [3.8, 4) is 11.5 Å². The maximum atomic E-state index is 13.1. The molecule has 2 aromatic rings. The molecule has 2 rings (SSSR count). The van der Waals surface area contributed by atoms with Crippen molar-refractivity contribution >= 4 is 11.6 Å². The van der Waals surface area contributed by atoms with Gasteiger partial charge in [0.25, 0.3) is 5.91 Å². The molecular weight excluding hydrogens is 261 g/mol. The van der Waals surface area contributed by atoms with E-state index >= 15 is 0 Å². The number of methoxy groups -OCH3 is 1. The molecule has 5 heteroatoms. The number of nitrogens with one attached hydrogen (secondary N) is 1. The summed E-state index contributed by atoms with van der Waals surface area (Å²) in [6.07, 6.45) is 0. The molecule has 2 aromatic carbocycles. The molecule has 0 heterocycles. The Balaban J connectivity index is 2.25. The minimum Gasteiger partial charge on any atom is -0.508 e. The van der Waals surface area contributed by atoms with Gasteiger partial charge in [0.15, 0.2) is 0 Å². The van der Waals surface area contributed by atoms with E-state index < -0.39 is 11.7 Å². The minimum atomic E-state index is -0.451. The Kier molecular flexibility index (Phi) is 3.89. The molecule has 1 amide bonds. The number of carbonyl (C=O) groups is 1. The predicted molar refractivity (Wildman–Crippen MR) is 73.7 cm³/mol. The molecule has 0 saturated heterocycles. The van der Waals surface area contributed by atoms with Crippen molar-refractivity contribution in [2.24, 2.45) is 0 Å². The molecule has 0 aliphatic carbocycles. The van der Waals surface area contributed by atoms with Gasteiger partial charge in [-0.15, -0.1) is 0 Å². The lowest BCUT2D eigenvalue weighted by molar-refractivity contribution is 0.102. The van der Waals surface area contributed by atoms with Crippen molar-refractivity contribution in [1.29, 1.82) is 0 Å². The Hall–Kier alpha value is -2.56. The van der Waals surface area contributed by atoms with Crippen LogP contribution in [0.25, 0.3) is 0 Å². The highest BCUT2D eigenvalue weighted by atomic mass is 19.1. The first-order valence-electron chi connectivity index (χ1n) is 5.96. The Labute approximate surface area is 115 Å². The van der Waals surface area contributed by atoms with Gasteiger partial charge in [-0.1, -0.05) is 6.07 Å². The van der Waals surface area contributed by atoms with Crippen molar-refractivity contribution in [2.75, 3.05) is 12.4 Å². The van der Waals surface area contributed by atoms with E-state index in [1.165, 1.54) is 31.4 Å². The van der Waals surface area contributed by atoms with Crippen LogP contribution in [-0.4, -0.2) is 18.1 Å². The Bertz CT molecular complexity index is 656. The highest BCUT2D eigenvalue weighted by molar-refractivity contribution is 6.05. The number of phenols is 1. The summed E-state index contributed by atoms with van der Waals surface area (Å²) < 4.78 is 18.1. The Morgan fingerprint density at radius 2 is 2.00 bits per heavy atom. The summed E-state index contributed by atoms with van der Waals surface area (Å²) in [7, 11) is 1.39. The molecule has 0 aliphatic heterocycles. The lowest BCUT2D eigenvalue weighted by Crippen LogP contribution is -2.12. The fourth-order valence-corrected chi connectivity index (χ4v) is 1.71. The van der Waals surface area contributed by atoms with Gasteiger partial charge in [-0.2, -0.15) is 0 Å². The van der Waals surface area contributed by atoms with E-state index in [2.05, 4.69) is 5.32 Å². The molecule has 20 heavy (non-hydrogen) atoms. The van der Waals surface area contributed by atoms with Gasteiger partial charge >= 0.3 is 0 Å². The highest BCUT2D eigenvalue weighted by Crippen LogP contribution is 2.26. The normalized spacial score (nSPS) is 10.2. The number of carbonyl (C=O) groups excluding carboxylic acids is 1. The van der Waals surface area contributed by atoms with Crippen LogP contribution in [-0.2, 0) is 0 Å². The highest BCUT2D eigenvalue weighted by Gasteiger charge is 2.11. The molecule has 0 bridgehead atoms. The number of anilines is 1. The van der Waals surface area contributed by atoms with Crippen molar-refractivity contribution < 1.29 is 19.0 Å². The molecule has 0 atom stereocenters. The fourth-order valence-electron chi connectivity index (χ4n) is 1.71. The van der Waals surface area contributed by atoms with Crippen LogP contribution in [0, 0.1) is 12.7 Å². The monoisotopic (exact) mass is 275 g/mol. The zero-order valence-corrected chi connectivity index (χ0v) is 11.1. The summed E-state index contributed by atoms with van der Waals surface area (Å²) in [6, 6.07) is 8.44. The lowest BCUT2D eigenvalue weighted by Gasteiger charge is -2.10. The average molecular weight is 275 g/mol. The quantitative estimate of drug-likeness (QED) is 0.905. The van der Waals surface area contributed by atoms with Gasteiger partial charge in [-0.3, -0.25) is 4.79 Å². The van der Waals surface area contributed by atoms with Gasteiger partial charge in [-0.25, -0.2) is 4.39 Å². The Morgan fingerprint density at radius 3 is 2.65 bits per heavy atom. The molecular formula is C15H14FNO3. The van der Waals surface area contributed by atoms with E-state index in [0.29, 0.717) is 16.8 Å². The second-order valence-corrected chi connectivity index (χ2v) is 4.30. The van der Waals surface area contributed by atoms with Crippen LogP contribution in [0.5, 0.6) is 11.5 Å². The van der Waals surface area contributed by atoms with Gasteiger partial charge in [0.1, 0.15) is 17.3 Å². The first-order chi connectivity index (χ1) is 9.51. The van der Waals surface area contributed by atoms with E-state index in [-0.39, 0.29) is 11.5 Å². The lowest BCUT2D eigenvalue weighted by atomic mass is 10.1. The predicted octanol–water partition coefficient (Wildman–Crippen LogP) is 3.10. The number of hydrogen-bond donors (Lipinski definition) is 2. The zero-order valence-electron chi connectivity index (χ0n) is 11.1. The van der Waals surface area contributed by atoms with Gasteiger partial charge in [0.2, 0.25) is 0 Å². The van der Waals surface area contributed by atoms with E-state index in [0.717, 1.165) is 0 Å². The molecule has 0 aromatic heterocycles. The molecule has 0 radical (unpaired) electrons. The van der Waals surface area contributed by atoms with Crippen molar-refractivity contribution in [1.82, 2.24) is 0 Å². The molecule has 4 nitrogen and oxygen atoms in total. The summed E-state index contributed by atoms with van der Waals surface area (Å²) in [5, 5.41) is 12.2. The van der Waals surface area contributed by atoms with Crippen molar-refractivity contribution in [3.63, 3.8) is 0 Å². The number of aromatic hydroxyl groups is 1. The van der Waals surface area contributed by atoms with E-state index in [1.807, 2.05) is 0 Å². The van der Waals surface area contributed by atoms with Crippen LogP contribution in [0.4, 0.5) is 10.1 Å². The van der Waals surface area contributed by atoms with Crippen LogP contribution in [0.2, 0.25) is 0 Å². The van der Waals surface area contributed by atoms with Gasteiger partial charge in [0.05, 0.1) is 12.8 Å². The van der Waals surface area contributed by atoms with Crippen molar-refractivity contribution in [2.45, 2.75) is 6.92 Å². The molecule has 2 N–H and O–H groups in total. The van der Waals surface area contributed by atoms with E-state index in [9.17, 15) is 14.3 Å². The Morgan fingerprint density at radius 1 is 1.25 bits per heavy atom. The van der Waals surface area contributed by atoms with Gasteiger partial charge < -0.3 is 15.2 Å². The third-order valence-electron chi connectivity index (χ3n) is 2.88. The number of amides is 1. The third-order valence-corrected chi connectivity index (χ3v) is 2.88. The van der Waals surface area contributed by atoms with Crippen LogP contribution >= 0.6 is 0 Å². The number of aryl methyl sites for hydroxylation is 1. The molecule has 0 saturated carbocycles.